The van der Waals surface area contributed by atoms with Crippen LogP contribution in [0.1, 0.15) is 37.9 Å². The van der Waals surface area contributed by atoms with E-state index in [0.717, 1.165) is 11.8 Å². The molecule has 30 heavy (non-hydrogen) atoms. The third-order valence-corrected chi connectivity index (χ3v) is 4.45. The van der Waals surface area contributed by atoms with Crippen LogP contribution in [0.5, 0.6) is 0 Å². The average molecular weight is 413 g/mol. The van der Waals surface area contributed by atoms with E-state index in [0.29, 0.717) is 22.8 Å². The predicted molar refractivity (Wildman–Crippen MR) is 104 cm³/mol. The van der Waals surface area contributed by atoms with Crippen molar-refractivity contribution in [3.05, 3.63) is 70.5 Å². The number of nitrogens with zero attached hydrogens (tertiary/aromatic N) is 2. The summed E-state index contributed by atoms with van der Waals surface area (Å²) in [4.78, 5) is 36.3. The lowest BCUT2D eigenvalue weighted by Gasteiger charge is -2.07. The molecule has 8 nitrogen and oxygen atoms in total. The van der Waals surface area contributed by atoms with Crippen LogP contribution >= 0.6 is 0 Å². The molecule has 0 radical (unpaired) electrons. The largest absolute Gasteiger partial charge is 0.456 e. The number of Topliss-reactive ketones (excluding diaryl/α,β-unsaturated/α-hetero) is 1. The van der Waals surface area contributed by atoms with Crippen molar-refractivity contribution >= 4 is 17.7 Å². The molecular formula is C21H20FN3O5. The summed E-state index contributed by atoms with van der Waals surface area (Å²) < 4.78 is 25.4. The highest BCUT2D eigenvalue weighted by Gasteiger charge is 2.20. The van der Waals surface area contributed by atoms with Crippen molar-refractivity contribution in [2.45, 2.75) is 20.8 Å². The second-order valence-electron chi connectivity index (χ2n) is 6.66. The van der Waals surface area contributed by atoms with Gasteiger partial charge in [-0.25, -0.2) is 4.39 Å². The summed E-state index contributed by atoms with van der Waals surface area (Å²) in [7, 11) is 0. The highest BCUT2D eigenvalue weighted by Crippen LogP contribution is 2.21. The number of benzene rings is 1. The summed E-state index contributed by atoms with van der Waals surface area (Å²) in [6.07, 6.45) is 0. The van der Waals surface area contributed by atoms with Crippen LogP contribution < -0.4 is 5.32 Å². The van der Waals surface area contributed by atoms with Crippen LogP contribution in [0, 0.1) is 26.6 Å². The fraction of sp³-hybridized carbons (Fsp3) is 0.238. The lowest BCUT2D eigenvalue weighted by atomic mass is 10.1. The molecule has 2 aromatic heterocycles. The number of hydrogen-bond donors (Lipinski definition) is 1. The number of amides is 1. The first-order valence-corrected chi connectivity index (χ1v) is 9.12. The molecule has 0 aliphatic rings. The number of carbonyl (C=O) groups excluding carboxylic acids is 3. The maximum absolute atomic E-state index is 13.6. The molecule has 0 atom stereocenters. The molecule has 1 N–H and O–H groups in total. The Hall–Kier alpha value is -3.75. The molecule has 2 heterocycles. The van der Waals surface area contributed by atoms with Gasteiger partial charge in [-0.15, -0.1) is 0 Å². The van der Waals surface area contributed by atoms with E-state index in [9.17, 15) is 18.8 Å². The Labute approximate surface area is 171 Å². The fourth-order valence-electron chi connectivity index (χ4n) is 3.02. The number of rotatable bonds is 7. The van der Waals surface area contributed by atoms with Crippen molar-refractivity contribution in [1.29, 1.82) is 0 Å². The minimum absolute atomic E-state index is 0.183. The fourth-order valence-corrected chi connectivity index (χ4v) is 3.02. The molecule has 0 bridgehead atoms. The molecule has 0 saturated carbocycles. The molecule has 156 valence electrons. The molecule has 0 unspecified atom stereocenters. The standard InChI is InChI=1S/C21H20FN3O5/c1-12-8-16(14(3)25(12)19-9-13(2)30-24-19)18(26)11-29-20(27)10-23-21(28)15-6-4-5-7-17(15)22/h4-9H,10-11H2,1-3H3,(H,23,28). The van der Waals surface area contributed by atoms with Gasteiger partial charge in [0.1, 0.15) is 18.1 Å². The molecule has 3 aromatic rings. The SMILES string of the molecule is Cc1cc(-n2c(C)cc(C(=O)COC(=O)CNC(=O)c3ccccc3F)c2C)no1. The van der Waals surface area contributed by atoms with Gasteiger partial charge in [0.25, 0.3) is 5.91 Å². The Morgan fingerprint density at radius 1 is 1.13 bits per heavy atom. The van der Waals surface area contributed by atoms with E-state index in [1.54, 1.807) is 30.5 Å². The average Bonchev–Trinajstić information content (AvgIpc) is 3.26. The highest BCUT2D eigenvalue weighted by atomic mass is 19.1. The van der Waals surface area contributed by atoms with E-state index in [1.807, 2.05) is 6.92 Å². The lowest BCUT2D eigenvalue weighted by molar-refractivity contribution is -0.141. The molecule has 1 aromatic carbocycles. The van der Waals surface area contributed by atoms with Crippen molar-refractivity contribution in [2.75, 3.05) is 13.2 Å². The zero-order valence-corrected chi connectivity index (χ0v) is 16.7. The van der Waals surface area contributed by atoms with Gasteiger partial charge in [-0.2, -0.15) is 0 Å². The van der Waals surface area contributed by atoms with E-state index in [4.69, 9.17) is 9.26 Å². The summed E-state index contributed by atoms with van der Waals surface area (Å²) in [5.41, 5.74) is 1.61. The Kier molecular flexibility index (Phi) is 6.10. The molecule has 0 saturated heterocycles. The first-order valence-electron chi connectivity index (χ1n) is 9.12. The number of ketones is 1. The Bertz CT molecular complexity index is 1120. The van der Waals surface area contributed by atoms with Gasteiger partial charge in [0.05, 0.1) is 5.56 Å². The molecule has 0 spiro atoms. The van der Waals surface area contributed by atoms with E-state index in [1.165, 1.54) is 18.2 Å². The zero-order valence-electron chi connectivity index (χ0n) is 16.7. The topological polar surface area (TPSA) is 103 Å². The summed E-state index contributed by atoms with van der Waals surface area (Å²) in [5.74, 6) is -1.47. The maximum atomic E-state index is 13.6. The van der Waals surface area contributed by atoms with Crippen LogP contribution in [0.4, 0.5) is 4.39 Å². The summed E-state index contributed by atoms with van der Waals surface area (Å²) >= 11 is 0. The van der Waals surface area contributed by atoms with Gasteiger partial charge in [-0.05, 0) is 39.0 Å². The number of ether oxygens (including phenoxy) is 1. The van der Waals surface area contributed by atoms with Crippen LogP contribution in [0.15, 0.2) is 40.9 Å². The third kappa shape index (κ3) is 4.45. The molecular weight excluding hydrogens is 393 g/mol. The second-order valence-corrected chi connectivity index (χ2v) is 6.66. The zero-order chi connectivity index (χ0) is 21.8. The Morgan fingerprint density at radius 2 is 1.87 bits per heavy atom. The van der Waals surface area contributed by atoms with E-state index < -0.39 is 36.6 Å². The summed E-state index contributed by atoms with van der Waals surface area (Å²) in [6, 6.07) is 8.81. The van der Waals surface area contributed by atoms with Gasteiger partial charge in [0.15, 0.2) is 12.4 Å². The summed E-state index contributed by atoms with van der Waals surface area (Å²) in [5, 5.41) is 6.21. The number of aryl methyl sites for hydroxylation is 2. The molecule has 9 heteroatoms. The minimum Gasteiger partial charge on any atom is -0.456 e. The normalized spacial score (nSPS) is 10.7. The number of esters is 1. The van der Waals surface area contributed by atoms with Crippen molar-refractivity contribution in [3.8, 4) is 5.82 Å². The molecule has 0 fully saturated rings. The van der Waals surface area contributed by atoms with Gasteiger partial charge in [-0.1, -0.05) is 17.3 Å². The van der Waals surface area contributed by atoms with Gasteiger partial charge < -0.3 is 14.6 Å². The maximum Gasteiger partial charge on any atom is 0.325 e. The van der Waals surface area contributed by atoms with Crippen LogP contribution in [-0.2, 0) is 9.53 Å². The predicted octanol–water partition coefficient (Wildman–Crippen LogP) is 2.69. The summed E-state index contributed by atoms with van der Waals surface area (Å²) in [6.45, 7) is 4.36. The van der Waals surface area contributed by atoms with Crippen LogP contribution in [-0.4, -0.2) is 40.5 Å². The van der Waals surface area contributed by atoms with Gasteiger partial charge in [0, 0.05) is 23.0 Å². The van der Waals surface area contributed by atoms with E-state index >= 15 is 0 Å². The highest BCUT2D eigenvalue weighted by molar-refractivity contribution is 6.00. The number of carbonyl (C=O) groups is 3. The lowest BCUT2D eigenvalue weighted by Crippen LogP contribution is -2.32. The number of halogens is 1. The minimum atomic E-state index is -0.811. The van der Waals surface area contributed by atoms with Gasteiger partial charge in [0.2, 0.25) is 5.78 Å². The molecule has 0 aliphatic carbocycles. The number of aromatic nitrogens is 2. The van der Waals surface area contributed by atoms with Crippen molar-refractivity contribution < 1.29 is 28.0 Å². The van der Waals surface area contributed by atoms with Gasteiger partial charge >= 0.3 is 5.97 Å². The first kappa shape index (κ1) is 21.0. The van der Waals surface area contributed by atoms with Crippen molar-refractivity contribution in [2.24, 2.45) is 0 Å². The van der Waals surface area contributed by atoms with E-state index in [-0.39, 0.29) is 5.56 Å². The van der Waals surface area contributed by atoms with E-state index in [2.05, 4.69) is 10.5 Å². The third-order valence-electron chi connectivity index (χ3n) is 4.45. The quantitative estimate of drug-likeness (QED) is 0.472. The molecule has 1 amide bonds. The first-order chi connectivity index (χ1) is 14.3. The van der Waals surface area contributed by atoms with Crippen molar-refractivity contribution in [1.82, 2.24) is 15.0 Å². The monoisotopic (exact) mass is 413 g/mol. The number of hydrogen-bond acceptors (Lipinski definition) is 6. The Morgan fingerprint density at radius 3 is 2.53 bits per heavy atom. The van der Waals surface area contributed by atoms with Crippen molar-refractivity contribution in [3.63, 3.8) is 0 Å². The van der Waals surface area contributed by atoms with Crippen LogP contribution in [0.25, 0.3) is 5.82 Å². The van der Waals surface area contributed by atoms with Crippen LogP contribution in [0.2, 0.25) is 0 Å². The molecule has 3 rings (SSSR count). The van der Waals surface area contributed by atoms with Gasteiger partial charge in [-0.3, -0.25) is 19.0 Å². The Balaban J connectivity index is 1.57. The van der Waals surface area contributed by atoms with Crippen LogP contribution in [0.3, 0.4) is 0 Å². The molecule has 0 aliphatic heterocycles. The number of nitrogens with one attached hydrogen (secondary N) is 1. The smallest absolute Gasteiger partial charge is 0.325 e. The second kappa shape index (κ2) is 8.73.